The first-order valence-electron chi connectivity index (χ1n) is 10.7. The Kier molecular flexibility index (Phi) is 8.04. The lowest BCUT2D eigenvalue weighted by molar-refractivity contribution is 0.0751. The smallest absolute Gasteiger partial charge is 0.274 e. The number of nitriles is 1. The Morgan fingerprint density at radius 3 is 2.73 bits per heavy atom. The van der Waals surface area contributed by atoms with E-state index in [0.29, 0.717) is 42.5 Å². The molecule has 0 radical (unpaired) electrons. The number of hydrazone groups is 2. The molecule has 1 N–H and O–H groups in total. The fourth-order valence-electron chi connectivity index (χ4n) is 3.30. The van der Waals surface area contributed by atoms with Gasteiger partial charge in [-0.05, 0) is 69.0 Å². The Morgan fingerprint density at radius 2 is 2.00 bits per heavy atom. The molecule has 1 heterocycles. The van der Waals surface area contributed by atoms with Crippen LogP contribution in [0.25, 0.3) is 0 Å². The van der Waals surface area contributed by atoms with Crippen LogP contribution in [0, 0.1) is 23.7 Å². The van der Waals surface area contributed by atoms with Crippen LogP contribution in [-0.4, -0.2) is 42.1 Å². The Hall–Kier alpha value is -4.30. The minimum absolute atomic E-state index is 0.0845. The van der Waals surface area contributed by atoms with Crippen molar-refractivity contribution in [2.24, 2.45) is 10.2 Å². The highest BCUT2D eigenvalue weighted by molar-refractivity contribution is 6.11. The third-order valence-corrected chi connectivity index (χ3v) is 4.78. The third-order valence-electron chi connectivity index (χ3n) is 4.78. The lowest BCUT2D eigenvalue weighted by Gasteiger charge is -2.24. The van der Waals surface area contributed by atoms with Gasteiger partial charge in [0.2, 0.25) is 5.71 Å². The summed E-state index contributed by atoms with van der Waals surface area (Å²) in [5.74, 6) is 3.28. The van der Waals surface area contributed by atoms with Crippen LogP contribution in [0.2, 0.25) is 0 Å². The van der Waals surface area contributed by atoms with Gasteiger partial charge in [-0.3, -0.25) is 10.2 Å². The summed E-state index contributed by atoms with van der Waals surface area (Å²) < 4.78 is 11.4. The second kappa shape index (κ2) is 11.4. The third kappa shape index (κ3) is 5.90. The summed E-state index contributed by atoms with van der Waals surface area (Å²) in [6.45, 7) is 5.42. The van der Waals surface area contributed by atoms with Gasteiger partial charge in [0.15, 0.2) is 11.5 Å². The molecular formula is C25H25N5O3. The molecule has 2 aromatic carbocycles. The van der Waals surface area contributed by atoms with E-state index in [-0.39, 0.29) is 11.6 Å². The summed E-state index contributed by atoms with van der Waals surface area (Å²) in [7, 11) is 0. The number of hydrogen-bond acceptors (Lipinski definition) is 7. The Bertz CT molecular complexity index is 1140. The number of carbonyl (C=O) groups is 1. The van der Waals surface area contributed by atoms with Crippen LogP contribution in [0.4, 0.5) is 5.69 Å². The maximum absolute atomic E-state index is 13.1. The molecule has 3 rings (SSSR count). The van der Waals surface area contributed by atoms with Crippen LogP contribution in [0.1, 0.15) is 42.6 Å². The highest BCUT2D eigenvalue weighted by Crippen LogP contribution is 2.30. The van der Waals surface area contributed by atoms with Crippen molar-refractivity contribution in [2.75, 3.05) is 25.2 Å². The van der Waals surface area contributed by atoms with Crippen LogP contribution in [0.5, 0.6) is 11.5 Å². The van der Waals surface area contributed by atoms with Gasteiger partial charge in [0.25, 0.3) is 5.91 Å². The molecule has 1 aliphatic rings. The summed E-state index contributed by atoms with van der Waals surface area (Å²) in [6, 6.07) is 14.3. The van der Waals surface area contributed by atoms with Crippen molar-refractivity contribution < 1.29 is 14.3 Å². The summed E-state index contributed by atoms with van der Waals surface area (Å²) in [6.07, 6.45) is 6.74. The molecule has 2 aromatic rings. The Balaban J connectivity index is 1.82. The molecule has 33 heavy (non-hydrogen) atoms. The number of nitrogens with one attached hydrogen (secondary N) is 1. The lowest BCUT2D eigenvalue weighted by Crippen LogP contribution is -2.32. The van der Waals surface area contributed by atoms with Crippen molar-refractivity contribution in [3.8, 4) is 29.9 Å². The monoisotopic (exact) mass is 443 g/mol. The van der Waals surface area contributed by atoms with Crippen LogP contribution in [0.15, 0.2) is 52.7 Å². The van der Waals surface area contributed by atoms with Gasteiger partial charge in [-0.25, -0.2) is 5.01 Å². The van der Waals surface area contributed by atoms with Crippen molar-refractivity contribution in [3.63, 3.8) is 0 Å². The zero-order chi connectivity index (χ0) is 23.6. The number of hydrogen-bond donors (Lipinski definition) is 1. The predicted octanol–water partition coefficient (Wildman–Crippen LogP) is 4.05. The molecule has 0 atom stereocenters. The molecule has 0 aromatic heterocycles. The average molecular weight is 444 g/mol. The largest absolute Gasteiger partial charge is 0.490 e. The SMILES string of the molecule is C#C/C(C#N)=N/Nc1cccc(C(=O)N2CCCC(c3ccc(OCC)c(OCC)c3)=N2)c1. The van der Waals surface area contributed by atoms with E-state index in [2.05, 4.69) is 21.5 Å². The second-order valence-electron chi connectivity index (χ2n) is 7.02. The molecule has 8 heteroatoms. The van der Waals surface area contributed by atoms with E-state index in [1.165, 1.54) is 5.01 Å². The normalized spacial score (nSPS) is 13.4. The summed E-state index contributed by atoms with van der Waals surface area (Å²) in [4.78, 5) is 13.1. The maximum atomic E-state index is 13.1. The molecule has 1 aliphatic heterocycles. The molecule has 1 amide bonds. The summed E-state index contributed by atoms with van der Waals surface area (Å²) >= 11 is 0. The quantitative estimate of drug-likeness (QED) is 0.377. The topological polar surface area (TPSA) is 99.3 Å². The zero-order valence-electron chi connectivity index (χ0n) is 18.7. The van der Waals surface area contributed by atoms with Crippen LogP contribution in [0.3, 0.4) is 0 Å². The Labute approximate surface area is 193 Å². The van der Waals surface area contributed by atoms with E-state index >= 15 is 0 Å². The molecule has 168 valence electrons. The number of carbonyl (C=O) groups excluding carboxylic acids is 1. The minimum Gasteiger partial charge on any atom is -0.490 e. The van der Waals surface area contributed by atoms with E-state index in [1.54, 1.807) is 30.3 Å². The van der Waals surface area contributed by atoms with Gasteiger partial charge < -0.3 is 9.47 Å². The van der Waals surface area contributed by atoms with Gasteiger partial charge in [0, 0.05) is 17.7 Å². The van der Waals surface area contributed by atoms with Gasteiger partial charge in [-0.1, -0.05) is 6.07 Å². The van der Waals surface area contributed by atoms with Crippen LogP contribution in [-0.2, 0) is 0 Å². The number of rotatable bonds is 8. The Morgan fingerprint density at radius 1 is 1.21 bits per heavy atom. The van der Waals surface area contributed by atoms with E-state index < -0.39 is 0 Å². The van der Waals surface area contributed by atoms with Gasteiger partial charge in [0.1, 0.15) is 6.07 Å². The predicted molar refractivity (Wildman–Crippen MR) is 128 cm³/mol. The number of benzene rings is 2. The molecule has 0 spiro atoms. The van der Waals surface area contributed by atoms with Gasteiger partial charge >= 0.3 is 0 Å². The van der Waals surface area contributed by atoms with E-state index in [4.69, 9.17) is 21.2 Å². The van der Waals surface area contributed by atoms with Crippen LogP contribution >= 0.6 is 0 Å². The zero-order valence-corrected chi connectivity index (χ0v) is 18.7. The van der Waals surface area contributed by atoms with Crippen molar-refractivity contribution >= 4 is 23.0 Å². The standard InChI is InChI=1S/C25H25N5O3/c1-4-20(17-26)27-28-21-10-7-9-19(15-21)25(31)30-14-8-11-22(29-30)18-12-13-23(32-5-2)24(16-18)33-6-3/h1,7,9-10,12-13,15-16,28H,5-6,8,11,14H2,2-3H3/b27-20-. The molecule has 0 fully saturated rings. The number of amides is 1. The number of anilines is 1. The average Bonchev–Trinajstić information content (AvgIpc) is 2.86. The molecule has 0 bridgehead atoms. The number of terminal acetylenes is 1. The molecule has 0 saturated carbocycles. The summed E-state index contributed by atoms with van der Waals surface area (Å²) in [5, 5.41) is 18.8. The first-order chi connectivity index (χ1) is 16.1. The highest BCUT2D eigenvalue weighted by atomic mass is 16.5. The number of nitrogens with zero attached hydrogens (tertiary/aromatic N) is 4. The fourth-order valence-corrected chi connectivity index (χ4v) is 3.30. The molecule has 0 aliphatic carbocycles. The first kappa shape index (κ1) is 23.4. The van der Waals surface area contributed by atoms with Gasteiger partial charge in [0.05, 0.1) is 24.6 Å². The molecule has 0 saturated heterocycles. The molecular weight excluding hydrogens is 418 g/mol. The van der Waals surface area contributed by atoms with Crippen molar-refractivity contribution in [1.29, 1.82) is 5.26 Å². The molecule has 0 unspecified atom stereocenters. The second-order valence-corrected chi connectivity index (χ2v) is 7.02. The number of ether oxygens (including phenoxy) is 2. The van der Waals surface area contributed by atoms with Gasteiger partial charge in [-0.2, -0.15) is 15.5 Å². The maximum Gasteiger partial charge on any atom is 0.274 e. The van der Waals surface area contributed by atoms with Crippen molar-refractivity contribution in [3.05, 3.63) is 53.6 Å². The highest BCUT2D eigenvalue weighted by Gasteiger charge is 2.22. The van der Waals surface area contributed by atoms with Crippen LogP contribution < -0.4 is 14.9 Å². The van der Waals surface area contributed by atoms with E-state index in [9.17, 15) is 4.79 Å². The van der Waals surface area contributed by atoms with E-state index in [0.717, 1.165) is 24.1 Å². The molecule has 8 nitrogen and oxygen atoms in total. The first-order valence-corrected chi connectivity index (χ1v) is 10.7. The van der Waals surface area contributed by atoms with Crippen molar-refractivity contribution in [2.45, 2.75) is 26.7 Å². The fraction of sp³-hybridized carbons (Fsp3) is 0.280. The van der Waals surface area contributed by atoms with Crippen molar-refractivity contribution in [1.82, 2.24) is 5.01 Å². The summed E-state index contributed by atoms with van der Waals surface area (Å²) in [5.41, 5.74) is 5.31. The lowest BCUT2D eigenvalue weighted by atomic mass is 10.0. The minimum atomic E-state index is -0.228. The van der Waals surface area contributed by atoms with E-state index in [1.807, 2.05) is 32.0 Å². The van der Waals surface area contributed by atoms with Gasteiger partial charge in [-0.15, -0.1) is 6.42 Å².